The van der Waals surface area contributed by atoms with Crippen molar-refractivity contribution >= 4 is 11.5 Å². The molecule has 0 fully saturated rings. The molecular weight excluding hydrogens is 186 g/mol. The van der Waals surface area contributed by atoms with E-state index in [9.17, 15) is 0 Å². The smallest absolute Gasteiger partial charge is 0.149 e. The Bertz CT molecular complexity index is 321. The predicted molar refractivity (Wildman–Crippen MR) is 65.9 cm³/mol. The molecule has 0 aliphatic carbocycles. The first-order chi connectivity index (χ1) is 7.04. The second kappa shape index (κ2) is 5.01. The molecule has 0 bridgehead atoms. The van der Waals surface area contributed by atoms with Gasteiger partial charge in [-0.05, 0) is 30.9 Å². The number of pyridine rings is 1. The van der Waals surface area contributed by atoms with Crippen molar-refractivity contribution < 1.29 is 0 Å². The van der Waals surface area contributed by atoms with Gasteiger partial charge in [-0.25, -0.2) is 4.98 Å². The van der Waals surface area contributed by atoms with E-state index in [1.807, 2.05) is 19.2 Å². The van der Waals surface area contributed by atoms with Crippen molar-refractivity contribution in [3.05, 3.63) is 17.8 Å². The third kappa shape index (κ3) is 3.11. The van der Waals surface area contributed by atoms with Gasteiger partial charge in [0.25, 0.3) is 0 Å². The zero-order valence-electron chi connectivity index (χ0n) is 10.0. The molecule has 0 aromatic carbocycles. The SMILES string of the molecule is CCC(Nc1ncc(C)cc1N)C(C)C. The van der Waals surface area contributed by atoms with Crippen molar-refractivity contribution in [3.63, 3.8) is 0 Å². The minimum Gasteiger partial charge on any atom is -0.396 e. The lowest BCUT2D eigenvalue weighted by molar-refractivity contribution is 0.510. The lowest BCUT2D eigenvalue weighted by Gasteiger charge is -2.22. The third-order valence-electron chi connectivity index (χ3n) is 2.62. The Hall–Kier alpha value is -1.25. The van der Waals surface area contributed by atoms with Gasteiger partial charge in [0.05, 0.1) is 5.69 Å². The molecule has 1 atom stereocenters. The molecule has 0 aliphatic heterocycles. The largest absolute Gasteiger partial charge is 0.396 e. The van der Waals surface area contributed by atoms with Crippen molar-refractivity contribution in [2.45, 2.75) is 40.2 Å². The van der Waals surface area contributed by atoms with Gasteiger partial charge < -0.3 is 11.1 Å². The fourth-order valence-electron chi connectivity index (χ4n) is 1.63. The first-order valence-corrected chi connectivity index (χ1v) is 5.53. The number of rotatable bonds is 4. The first-order valence-electron chi connectivity index (χ1n) is 5.53. The second-order valence-electron chi connectivity index (χ2n) is 4.35. The van der Waals surface area contributed by atoms with Crippen molar-refractivity contribution in [2.75, 3.05) is 11.1 Å². The maximum atomic E-state index is 5.90. The third-order valence-corrected chi connectivity index (χ3v) is 2.62. The molecule has 3 heteroatoms. The van der Waals surface area contributed by atoms with E-state index in [1.165, 1.54) is 0 Å². The quantitative estimate of drug-likeness (QED) is 0.798. The van der Waals surface area contributed by atoms with Crippen LogP contribution in [-0.2, 0) is 0 Å². The number of nitrogen functional groups attached to an aromatic ring is 1. The molecule has 1 aromatic heterocycles. The first kappa shape index (κ1) is 11.8. The highest BCUT2D eigenvalue weighted by atomic mass is 15.0. The van der Waals surface area contributed by atoms with Crippen LogP contribution in [0.5, 0.6) is 0 Å². The van der Waals surface area contributed by atoms with Crippen molar-refractivity contribution in [3.8, 4) is 0 Å². The Morgan fingerprint density at radius 2 is 2.13 bits per heavy atom. The Morgan fingerprint density at radius 1 is 1.47 bits per heavy atom. The van der Waals surface area contributed by atoms with Crippen molar-refractivity contribution in [1.29, 1.82) is 0 Å². The summed E-state index contributed by atoms with van der Waals surface area (Å²) < 4.78 is 0. The zero-order valence-corrected chi connectivity index (χ0v) is 10.0. The average molecular weight is 207 g/mol. The van der Waals surface area contributed by atoms with Gasteiger partial charge in [0, 0.05) is 12.2 Å². The van der Waals surface area contributed by atoms with E-state index < -0.39 is 0 Å². The van der Waals surface area contributed by atoms with Gasteiger partial charge in [0.15, 0.2) is 0 Å². The number of nitrogens with zero attached hydrogens (tertiary/aromatic N) is 1. The molecule has 84 valence electrons. The Labute approximate surface area is 92.1 Å². The summed E-state index contributed by atoms with van der Waals surface area (Å²) in [5.74, 6) is 1.39. The van der Waals surface area contributed by atoms with Gasteiger partial charge in [-0.15, -0.1) is 0 Å². The number of hydrogen-bond acceptors (Lipinski definition) is 3. The molecule has 0 aliphatic rings. The van der Waals surface area contributed by atoms with Crippen LogP contribution in [0.2, 0.25) is 0 Å². The van der Waals surface area contributed by atoms with Crippen LogP contribution in [-0.4, -0.2) is 11.0 Å². The molecule has 0 spiro atoms. The molecule has 1 heterocycles. The van der Waals surface area contributed by atoms with Gasteiger partial charge in [-0.2, -0.15) is 0 Å². The van der Waals surface area contributed by atoms with Gasteiger partial charge in [-0.1, -0.05) is 20.8 Å². The molecule has 1 aromatic rings. The number of aromatic nitrogens is 1. The molecule has 3 nitrogen and oxygen atoms in total. The molecule has 1 rings (SSSR count). The van der Waals surface area contributed by atoms with Gasteiger partial charge in [0.1, 0.15) is 5.82 Å². The summed E-state index contributed by atoms with van der Waals surface area (Å²) in [6.45, 7) is 8.56. The van der Waals surface area contributed by atoms with Gasteiger partial charge in [0.2, 0.25) is 0 Å². The number of anilines is 2. The lowest BCUT2D eigenvalue weighted by atomic mass is 10.0. The minimum absolute atomic E-state index is 0.433. The fourth-order valence-corrected chi connectivity index (χ4v) is 1.63. The summed E-state index contributed by atoms with van der Waals surface area (Å²) in [6, 6.07) is 2.38. The molecule has 0 amide bonds. The van der Waals surface area contributed by atoms with Crippen LogP contribution in [0.1, 0.15) is 32.8 Å². The Kier molecular flexibility index (Phi) is 3.95. The predicted octanol–water partition coefficient (Wildman–Crippen LogP) is 2.82. The fraction of sp³-hybridized carbons (Fsp3) is 0.583. The van der Waals surface area contributed by atoms with Crippen LogP contribution in [0.4, 0.5) is 11.5 Å². The van der Waals surface area contributed by atoms with E-state index in [4.69, 9.17) is 5.73 Å². The van der Waals surface area contributed by atoms with Crippen LogP contribution in [0, 0.1) is 12.8 Å². The standard InChI is InChI=1S/C12H21N3/c1-5-11(8(2)3)15-12-10(13)6-9(4)7-14-12/h6-8,11H,5,13H2,1-4H3,(H,14,15). The summed E-state index contributed by atoms with van der Waals surface area (Å²) in [7, 11) is 0. The number of nitrogens with one attached hydrogen (secondary N) is 1. The van der Waals surface area contributed by atoms with E-state index in [1.54, 1.807) is 0 Å². The highest BCUT2D eigenvalue weighted by Gasteiger charge is 2.12. The Morgan fingerprint density at radius 3 is 2.60 bits per heavy atom. The molecule has 3 N–H and O–H groups in total. The summed E-state index contributed by atoms with van der Waals surface area (Å²) in [5, 5.41) is 3.39. The van der Waals surface area contributed by atoms with Gasteiger partial charge >= 0.3 is 0 Å². The monoisotopic (exact) mass is 207 g/mol. The normalized spacial score (nSPS) is 12.9. The lowest BCUT2D eigenvalue weighted by Crippen LogP contribution is -2.25. The van der Waals surface area contributed by atoms with Crippen molar-refractivity contribution in [1.82, 2.24) is 4.98 Å². The van der Waals surface area contributed by atoms with Crippen LogP contribution in [0.15, 0.2) is 12.3 Å². The van der Waals surface area contributed by atoms with E-state index in [-0.39, 0.29) is 0 Å². The van der Waals surface area contributed by atoms with Crippen LogP contribution >= 0.6 is 0 Å². The minimum atomic E-state index is 0.433. The molecule has 0 saturated heterocycles. The molecular formula is C12H21N3. The highest BCUT2D eigenvalue weighted by Crippen LogP contribution is 2.19. The Balaban J connectivity index is 2.79. The van der Waals surface area contributed by atoms with E-state index in [0.29, 0.717) is 12.0 Å². The molecule has 0 radical (unpaired) electrons. The van der Waals surface area contributed by atoms with Crippen LogP contribution in [0.3, 0.4) is 0 Å². The van der Waals surface area contributed by atoms with E-state index in [0.717, 1.165) is 23.5 Å². The topological polar surface area (TPSA) is 50.9 Å². The summed E-state index contributed by atoms with van der Waals surface area (Å²) in [5.41, 5.74) is 7.72. The average Bonchev–Trinajstić information content (AvgIpc) is 2.16. The van der Waals surface area contributed by atoms with E-state index in [2.05, 4.69) is 31.1 Å². The number of nitrogens with two attached hydrogens (primary N) is 1. The van der Waals surface area contributed by atoms with Crippen LogP contribution < -0.4 is 11.1 Å². The number of hydrogen-bond donors (Lipinski definition) is 2. The van der Waals surface area contributed by atoms with E-state index >= 15 is 0 Å². The molecule has 0 saturated carbocycles. The summed E-state index contributed by atoms with van der Waals surface area (Å²) in [6.07, 6.45) is 2.92. The molecule has 1 unspecified atom stereocenters. The highest BCUT2D eigenvalue weighted by molar-refractivity contribution is 5.62. The summed E-state index contributed by atoms with van der Waals surface area (Å²) >= 11 is 0. The zero-order chi connectivity index (χ0) is 11.4. The maximum absolute atomic E-state index is 5.90. The van der Waals surface area contributed by atoms with Crippen molar-refractivity contribution in [2.24, 2.45) is 5.92 Å². The second-order valence-corrected chi connectivity index (χ2v) is 4.35. The summed E-state index contributed by atoms with van der Waals surface area (Å²) in [4.78, 5) is 4.31. The maximum Gasteiger partial charge on any atom is 0.149 e. The molecule has 15 heavy (non-hydrogen) atoms. The van der Waals surface area contributed by atoms with Gasteiger partial charge in [-0.3, -0.25) is 0 Å². The number of aryl methyl sites for hydroxylation is 1. The van der Waals surface area contributed by atoms with Crippen LogP contribution in [0.25, 0.3) is 0 Å².